The number of carbonyl (C=O) groups is 2. The molecule has 1 unspecified atom stereocenters. The topological polar surface area (TPSA) is 71.5 Å². The number of aromatic nitrogens is 1. The lowest BCUT2D eigenvalue weighted by Gasteiger charge is -2.24. The molecule has 0 aliphatic carbocycles. The number of ether oxygens (including phenoxy) is 1. The predicted molar refractivity (Wildman–Crippen MR) is 129 cm³/mol. The summed E-state index contributed by atoms with van der Waals surface area (Å²) in [6.45, 7) is 2.84. The van der Waals surface area contributed by atoms with Crippen LogP contribution in [0.4, 0.5) is 0 Å². The first-order valence-electron chi connectivity index (χ1n) is 10.6. The van der Waals surface area contributed by atoms with Crippen LogP contribution in [0.5, 0.6) is 5.75 Å². The van der Waals surface area contributed by atoms with Crippen LogP contribution in [0.1, 0.15) is 23.0 Å². The molecule has 2 heterocycles. The second-order valence-electron chi connectivity index (χ2n) is 7.27. The Morgan fingerprint density at radius 1 is 1.16 bits per heavy atom. The highest BCUT2D eigenvalue weighted by Crippen LogP contribution is 2.27. The van der Waals surface area contributed by atoms with E-state index < -0.39 is 6.04 Å². The zero-order valence-corrected chi connectivity index (χ0v) is 19.5. The molecule has 32 heavy (non-hydrogen) atoms. The van der Waals surface area contributed by atoms with Crippen molar-refractivity contribution in [2.45, 2.75) is 19.4 Å². The van der Waals surface area contributed by atoms with Crippen LogP contribution in [0.15, 0.2) is 60.0 Å². The van der Waals surface area contributed by atoms with Gasteiger partial charge in [-0.1, -0.05) is 42.5 Å². The maximum absolute atomic E-state index is 13.1. The van der Waals surface area contributed by atoms with Crippen LogP contribution in [-0.4, -0.2) is 52.5 Å². The number of benzene rings is 2. The largest absolute Gasteiger partial charge is 0.493 e. The summed E-state index contributed by atoms with van der Waals surface area (Å²) in [6, 6.07) is 16.7. The molecule has 0 saturated carbocycles. The van der Waals surface area contributed by atoms with Crippen LogP contribution in [-0.2, 0) is 11.2 Å². The lowest BCUT2D eigenvalue weighted by molar-refractivity contribution is -0.124. The first kappa shape index (κ1) is 22.4. The van der Waals surface area contributed by atoms with Crippen LogP contribution in [0, 0.1) is 0 Å². The molecule has 6 nitrogen and oxygen atoms in total. The molecule has 4 rings (SSSR count). The average Bonchev–Trinajstić information content (AvgIpc) is 3.50. The number of hydrogen-bond acceptors (Lipinski definition) is 6. The highest BCUT2D eigenvalue weighted by Gasteiger charge is 2.35. The molecule has 8 heteroatoms. The van der Waals surface area contributed by atoms with Crippen molar-refractivity contribution in [1.82, 2.24) is 15.2 Å². The van der Waals surface area contributed by atoms with Gasteiger partial charge < -0.3 is 15.0 Å². The number of nitrogens with one attached hydrogen (secondary N) is 1. The maximum atomic E-state index is 13.1. The molecule has 1 aromatic heterocycles. The van der Waals surface area contributed by atoms with Gasteiger partial charge in [-0.25, -0.2) is 4.98 Å². The predicted octanol–water partition coefficient (Wildman–Crippen LogP) is 4.08. The fourth-order valence-corrected chi connectivity index (χ4v) is 5.52. The summed E-state index contributed by atoms with van der Waals surface area (Å²) in [6.07, 6.45) is 0.649. The Morgan fingerprint density at radius 3 is 2.75 bits per heavy atom. The minimum atomic E-state index is -0.488. The van der Waals surface area contributed by atoms with Gasteiger partial charge in [0.25, 0.3) is 5.91 Å². The smallest absolute Gasteiger partial charge is 0.259 e. The molecule has 1 aliphatic heterocycles. The third-order valence-electron chi connectivity index (χ3n) is 5.12. The standard InChI is InChI=1S/C24H25N3O3S2/c1-2-30-21-11-7-6-10-19(21)24(29)27-16-31-15-20(27)22(28)25-13-12-18-14-32-23(26-18)17-8-4-3-5-9-17/h3-11,14,20H,2,12-13,15-16H2,1H3,(H,25,28). The number of amides is 2. The summed E-state index contributed by atoms with van der Waals surface area (Å²) < 4.78 is 5.60. The Hall–Kier alpha value is -2.84. The molecule has 2 amide bonds. The van der Waals surface area contributed by atoms with E-state index in [1.165, 1.54) is 0 Å². The zero-order valence-electron chi connectivity index (χ0n) is 17.8. The second kappa shape index (κ2) is 10.7. The van der Waals surface area contributed by atoms with Gasteiger partial charge in [0.05, 0.1) is 23.7 Å². The molecular weight excluding hydrogens is 442 g/mol. The quantitative estimate of drug-likeness (QED) is 0.540. The number of thiazole rings is 1. The molecule has 1 fully saturated rings. The highest BCUT2D eigenvalue weighted by molar-refractivity contribution is 7.99. The Balaban J connectivity index is 1.34. The number of hydrogen-bond donors (Lipinski definition) is 1. The fraction of sp³-hybridized carbons (Fsp3) is 0.292. The monoisotopic (exact) mass is 467 g/mol. The Labute approximate surface area is 196 Å². The molecule has 0 spiro atoms. The van der Waals surface area contributed by atoms with Gasteiger partial charge >= 0.3 is 0 Å². The molecule has 166 valence electrons. The Bertz CT molecular complexity index is 1070. The third kappa shape index (κ3) is 5.14. The molecule has 1 atom stereocenters. The van der Waals surface area contributed by atoms with Gasteiger partial charge in [-0.3, -0.25) is 9.59 Å². The summed E-state index contributed by atoms with van der Waals surface area (Å²) >= 11 is 3.19. The average molecular weight is 468 g/mol. The van der Waals surface area contributed by atoms with Crippen molar-refractivity contribution in [3.8, 4) is 16.3 Å². The summed E-state index contributed by atoms with van der Waals surface area (Å²) in [5.41, 5.74) is 2.54. The molecule has 3 aromatic rings. The van der Waals surface area contributed by atoms with Crippen molar-refractivity contribution >= 4 is 34.9 Å². The van der Waals surface area contributed by atoms with Gasteiger partial charge in [0.15, 0.2) is 0 Å². The molecule has 0 bridgehead atoms. The zero-order chi connectivity index (χ0) is 22.3. The minimum absolute atomic E-state index is 0.129. The summed E-state index contributed by atoms with van der Waals surface area (Å²) in [5, 5.41) is 5.99. The van der Waals surface area contributed by atoms with E-state index in [1.54, 1.807) is 40.1 Å². The normalized spacial score (nSPS) is 15.5. The van der Waals surface area contributed by atoms with E-state index >= 15 is 0 Å². The first-order chi connectivity index (χ1) is 15.7. The van der Waals surface area contributed by atoms with Gasteiger partial charge in [-0.2, -0.15) is 0 Å². The van der Waals surface area contributed by atoms with Crippen molar-refractivity contribution in [2.24, 2.45) is 0 Å². The highest BCUT2D eigenvalue weighted by atomic mass is 32.2. The van der Waals surface area contributed by atoms with Gasteiger partial charge in [0, 0.05) is 29.7 Å². The van der Waals surface area contributed by atoms with E-state index in [4.69, 9.17) is 4.74 Å². The van der Waals surface area contributed by atoms with Gasteiger partial charge in [-0.15, -0.1) is 23.1 Å². The van der Waals surface area contributed by atoms with E-state index in [2.05, 4.69) is 10.3 Å². The Kier molecular flexibility index (Phi) is 7.44. The van der Waals surface area contributed by atoms with E-state index in [-0.39, 0.29) is 11.8 Å². The number of thioether (sulfide) groups is 1. The molecule has 0 radical (unpaired) electrons. The van der Waals surface area contributed by atoms with Crippen LogP contribution >= 0.6 is 23.1 Å². The van der Waals surface area contributed by atoms with E-state index in [0.717, 1.165) is 16.3 Å². The van der Waals surface area contributed by atoms with Gasteiger partial charge in [0.1, 0.15) is 16.8 Å². The molecule has 1 saturated heterocycles. The van der Waals surface area contributed by atoms with Crippen molar-refractivity contribution < 1.29 is 14.3 Å². The summed E-state index contributed by atoms with van der Waals surface area (Å²) in [4.78, 5) is 32.3. The van der Waals surface area contributed by atoms with Gasteiger partial charge in [0.2, 0.25) is 5.91 Å². The van der Waals surface area contributed by atoms with E-state index in [9.17, 15) is 9.59 Å². The maximum Gasteiger partial charge on any atom is 0.259 e. The molecule has 2 aromatic carbocycles. The van der Waals surface area contributed by atoms with Crippen molar-refractivity contribution in [2.75, 3.05) is 24.8 Å². The van der Waals surface area contributed by atoms with E-state index in [1.807, 2.05) is 54.8 Å². The number of nitrogens with zero attached hydrogens (tertiary/aromatic N) is 2. The SMILES string of the molecule is CCOc1ccccc1C(=O)N1CSCC1C(=O)NCCc1csc(-c2ccccc2)n1. The van der Waals surface area contributed by atoms with Crippen molar-refractivity contribution in [3.05, 3.63) is 71.2 Å². The molecule has 1 N–H and O–H groups in total. The van der Waals surface area contributed by atoms with Crippen molar-refractivity contribution in [1.29, 1.82) is 0 Å². The lowest BCUT2D eigenvalue weighted by Crippen LogP contribution is -2.47. The summed E-state index contributed by atoms with van der Waals surface area (Å²) in [7, 11) is 0. The summed E-state index contributed by atoms with van der Waals surface area (Å²) in [5.74, 6) is 1.32. The van der Waals surface area contributed by atoms with Crippen LogP contribution in [0.2, 0.25) is 0 Å². The minimum Gasteiger partial charge on any atom is -0.493 e. The van der Waals surface area contributed by atoms with Gasteiger partial charge in [-0.05, 0) is 19.1 Å². The molecule has 1 aliphatic rings. The van der Waals surface area contributed by atoms with Crippen LogP contribution < -0.4 is 10.1 Å². The number of carbonyl (C=O) groups excluding carboxylic acids is 2. The fourth-order valence-electron chi connectivity index (χ4n) is 3.51. The number of para-hydroxylation sites is 1. The lowest BCUT2D eigenvalue weighted by atomic mass is 10.1. The van der Waals surface area contributed by atoms with Crippen LogP contribution in [0.25, 0.3) is 10.6 Å². The Morgan fingerprint density at radius 2 is 1.94 bits per heavy atom. The van der Waals surface area contributed by atoms with Crippen LogP contribution in [0.3, 0.4) is 0 Å². The third-order valence-corrected chi connectivity index (χ3v) is 7.07. The number of rotatable bonds is 8. The first-order valence-corrected chi connectivity index (χ1v) is 12.6. The second-order valence-corrected chi connectivity index (χ2v) is 9.13. The molecular formula is C24H25N3O3S2. The van der Waals surface area contributed by atoms with Crippen molar-refractivity contribution in [3.63, 3.8) is 0 Å². The van der Waals surface area contributed by atoms with E-state index in [0.29, 0.717) is 42.5 Å².